The van der Waals surface area contributed by atoms with Crippen LogP contribution in [0, 0.1) is 0 Å². The van der Waals surface area contributed by atoms with Gasteiger partial charge in [0.05, 0.1) is 5.02 Å². The van der Waals surface area contributed by atoms with E-state index >= 15 is 0 Å². The van der Waals surface area contributed by atoms with Gasteiger partial charge in [-0.2, -0.15) is 0 Å². The van der Waals surface area contributed by atoms with Crippen molar-refractivity contribution in [1.29, 1.82) is 0 Å². The number of carbonyl (C=O) groups excluding carboxylic acids is 2. The number of aryl methyl sites for hydroxylation is 1. The Bertz CT molecular complexity index is 1050. The number of hydrogen-bond donors (Lipinski definition) is 2. The van der Waals surface area contributed by atoms with Gasteiger partial charge in [0.25, 0.3) is 5.91 Å². The predicted molar refractivity (Wildman–Crippen MR) is 108 cm³/mol. The highest BCUT2D eigenvalue weighted by Gasteiger charge is 2.16. The second-order valence-electron chi connectivity index (χ2n) is 6.10. The summed E-state index contributed by atoms with van der Waals surface area (Å²) in [6.45, 7) is -0.161. The number of amides is 2. The second-order valence-corrected chi connectivity index (χ2v) is 7.48. The van der Waals surface area contributed by atoms with Gasteiger partial charge in [0, 0.05) is 17.7 Å². The Labute approximate surface area is 169 Å². The fourth-order valence-corrected chi connectivity index (χ4v) is 3.85. The van der Waals surface area contributed by atoms with Crippen LogP contribution < -0.4 is 15.4 Å². The first-order valence-corrected chi connectivity index (χ1v) is 9.72. The zero-order valence-electron chi connectivity index (χ0n) is 14.6. The van der Waals surface area contributed by atoms with E-state index in [1.54, 1.807) is 18.2 Å². The number of hydrogen-bond acceptors (Lipinski definition) is 6. The highest BCUT2D eigenvalue weighted by atomic mass is 35.5. The van der Waals surface area contributed by atoms with E-state index in [-0.39, 0.29) is 18.4 Å². The molecule has 0 unspecified atom stereocenters. The van der Waals surface area contributed by atoms with Gasteiger partial charge in [0.15, 0.2) is 11.6 Å². The summed E-state index contributed by atoms with van der Waals surface area (Å²) in [4.78, 5) is 23.5. The van der Waals surface area contributed by atoms with Gasteiger partial charge in [-0.3, -0.25) is 14.9 Å². The summed E-state index contributed by atoms with van der Waals surface area (Å²) in [5, 5.41) is 15.1. The summed E-state index contributed by atoms with van der Waals surface area (Å²) in [6, 6.07) is 12.6. The van der Waals surface area contributed by atoms with Crippen molar-refractivity contribution >= 4 is 45.6 Å². The zero-order valence-corrected chi connectivity index (χ0v) is 16.1. The normalized spacial score (nSPS) is 12.8. The van der Waals surface area contributed by atoms with Crippen LogP contribution in [0.3, 0.4) is 0 Å². The number of halogens is 1. The summed E-state index contributed by atoms with van der Waals surface area (Å²) >= 11 is 7.39. The average molecular weight is 415 g/mol. The quantitative estimate of drug-likeness (QED) is 0.663. The van der Waals surface area contributed by atoms with Crippen molar-refractivity contribution in [3.63, 3.8) is 0 Å². The van der Waals surface area contributed by atoms with Crippen LogP contribution in [0.4, 0.5) is 10.8 Å². The molecule has 2 heterocycles. The molecule has 7 nitrogen and oxygen atoms in total. The lowest BCUT2D eigenvalue weighted by Gasteiger charge is -2.17. The van der Waals surface area contributed by atoms with Gasteiger partial charge in [-0.1, -0.05) is 41.1 Å². The van der Waals surface area contributed by atoms with Gasteiger partial charge in [-0.05, 0) is 36.2 Å². The number of rotatable bonds is 5. The number of carbonyl (C=O) groups is 2. The molecular weight excluding hydrogens is 400 g/mol. The molecule has 0 radical (unpaired) electrons. The monoisotopic (exact) mass is 414 g/mol. The topological polar surface area (TPSA) is 93.2 Å². The maximum Gasteiger partial charge on any atom is 0.264 e. The molecule has 1 aromatic heterocycles. The van der Waals surface area contributed by atoms with Gasteiger partial charge < -0.3 is 10.1 Å². The van der Waals surface area contributed by atoms with Crippen LogP contribution in [0.1, 0.15) is 12.0 Å². The van der Waals surface area contributed by atoms with Crippen molar-refractivity contribution in [1.82, 2.24) is 10.2 Å². The first-order valence-electron chi connectivity index (χ1n) is 8.52. The van der Waals surface area contributed by atoms with E-state index in [4.69, 9.17) is 16.3 Å². The Kier molecular flexibility index (Phi) is 5.23. The van der Waals surface area contributed by atoms with Crippen LogP contribution in [0.2, 0.25) is 5.02 Å². The molecule has 9 heteroatoms. The minimum Gasteiger partial charge on any atom is -0.484 e. The molecule has 0 aliphatic carbocycles. The van der Waals surface area contributed by atoms with E-state index in [1.165, 1.54) is 11.3 Å². The van der Waals surface area contributed by atoms with Crippen LogP contribution in [-0.4, -0.2) is 28.6 Å². The predicted octanol–water partition coefficient (Wildman–Crippen LogP) is 3.76. The molecule has 4 rings (SSSR count). The second kappa shape index (κ2) is 7.95. The number of fused-ring (bicyclic) bond motifs is 1. The highest BCUT2D eigenvalue weighted by molar-refractivity contribution is 7.18. The van der Waals surface area contributed by atoms with Crippen molar-refractivity contribution < 1.29 is 14.3 Å². The molecular formula is C19H15ClN4O3S. The first-order chi connectivity index (χ1) is 13.6. The number of ether oxygens (including phenoxy) is 1. The smallest absolute Gasteiger partial charge is 0.264 e. The lowest BCUT2D eigenvalue weighted by Crippen LogP contribution is -2.21. The molecule has 0 saturated carbocycles. The van der Waals surface area contributed by atoms with E-state index in [0.29, 0.717) is 33.8 Å². The maximum absolute atomic E-state index is 12.1. The fraction of sp³-hybridized carbons (Fsp3) is 0.158. The van der Waals surface area contributed by atoms with E-state index in [0.717, 1.165) is 16.8 Å². The van der Waals surface area contributed by atoms with Crippen molar-refractivity contribution in [3.8, 4) is 16.3 Å². The zero-order chi connectivity index (χ0) is 19.5. The van der Waals surface area contributed by atoms with E-state index < -0.39 is 0 Å². The molecule has 0 fully saturated rings. The number of nitrogens with one attached hydrogen (secondary N) is 2. The average Bonchev–Trinajstić information content (AvgIpc) is 3.14. The molecule has 0 spiro atoms. The Morgan fingerprint density at radius 2 is 2.07 bits per heavy atom. The van der Waals surface area contributed by atoms with Crippen LogP contribution in [0.25, 0.3) is 10.6 Å². The number of nitrogens with zero attached hydrogens (tertiary/aromatic N) is 2. The minimum absolute atomic E-state index is 0.00811. The fourth-order valence-electron chi connectivity index (χ4n) is 2.77. The van der Waals surface area contributed by atoms with Crippen molar-refractivity contribution in [2.24, 2.45) is 0 Å². The number of benzene rings is 2. The van der Waals surface area contributed by atoms with Crippen LogP contribution >= 0.6 is 22.9 Å². The summed E-state index contributed by atoms with van der Waals surface area (Å²) < 4.78 is 5.55. The number of aromatic nitrogens is 2. The van der Waals surface area contributed by atoms with Crippen LogP contribution in [0.5, 0.6) is 5.75 Å². The molecule has 142 valence electrons. The van der Waals surface area contributed by atoms with Crippen molar-refractivity contribution in [3.05, 3.63) is 53.1 Å². The summed E-state index contributed by atoms with van der Waals surface area (Å²) in [5.41, 5.74) is 2.54. The molecule has 1 aliphatic rings. The molecule has 1 aliphatic heterocycles. The Morgan fingerprint density at radius 1 is 1.21 bits per heavy atom. The van der Waals surface area contributed by atoms with Crippen molar-refractivity contribution in [2.75, 3.05) is 17.2 Å². The van der Waals surface area contributed by atoms with Gasteiger partial charge in [-0.25, -0.2) is 0 Å². The minimum atomic E-state index is -0.340. The Balaban J connectivity index is 1.35. The standard InChI is InChI=1S/C19H15ClN4O3S/c20-14-4-2-1-3-13(14)18-23-24-19(28-18)22-17(26)10-27-12-6-7-15-11(9-12)5-8-16(25)21-15/h1-4,6-7,9H,5,8,10H2,(H,21,25)(H,22,24,26). The van der Waals surface area contributed by atoms with Gasteiger partial charge in [-0.15, -0.1) is 10.2 Å². The molecule has 2 aromatic carbocycles. The molecule has 2 amide bonds. The third-order valence-corrected chi connectivity index (χ3v) is 5.32. The molecule has 0 bridgehead atoms. The SMILES string of the molecule is O=C(COc1ccc2c(c1)CCC(=O)N2)Nc1nnc(-c2ccccc2Cl)s1. The molecule has 28 heavy (non-hydrogen) atoms. The highest BCUT2D eigenvalue weighted by Crippen LogP contribution is 2.31. The van der Waals surface area contributed by atoms with E-state index in [1.807, 2.05) is 24.3 Å². The third kappa shape index (κ3) is 4.13. The third-order valence-electron chi connectivity index (χ3n) is 4.12. The molecule has 0 saturated heterocycles. The van der Waals surface area contributed by atoms with Crippen LogP contribution in [-0.2, 0) is 16.0 Å². The molecule has 2 N–H and O–H groups in total. The van der Waals surface area contributed by atoms with E-state index in [2.05, 4.69) is 20.8 Å². The molecule has 3 aromatic rings. The summed E-state index contributed by atoms with van der Waals surface area (Å²) in [6.07, 6.45) is 1.10. The first kappa shape index (κ1) is 18.4. The van der Waals surface area contributed by atoms with Gasteiger partial charge in [0.1, 0.15) is 5.75 Å². The maximum atomic E-state index is 12.1. The van der Waals surface area contributed by atoms with Crippen LogP contribution in [0.15, 0.2) is 42.5 Å². The van der Waals surface area contributed by atoms with E-state index in [9.17, 15) is 9.59 Å². The Morgan fingerprint density at radius 3 is 2.93 bits per heavy atom. The Hall–Kier alpha value is -2.97. The summed E-state index contributed by atoms with van der Waals surface area (Å²) in [5.74, 6) is 0.237. The summed E-state index contributed by atoms with van der Waals surface area (Å²) in [7, 11) is 0. The lowest BCUT2D eigenvalue weighted by molar-refractivity contribution is -0.118. The van der Waals surface area contributed by atoms with Gasteiger partial charge in [0.2, 0.25) is 11.0 Å². The van der Waals surface area contributed by atoms with Gasteiger partial charge >= 0.3 is 0 Å². The van der Waals surface area contributed by atoms with Crippen molar-refractivity contribution in [2.45, 2.75) is 12.8 Å². The molecule has 0 atom stereocenters. The lowest BCUT2D eigenvalue weighted by atomic mass is 10.0. The number of anilines is 2. The largest absolute Gasteiger partial charge is 0.484 e.